The van der Waals surface area contributed by atoms with Crippen LogP contribution in [0, 0.1) is 23.7 Å². The Morgan fingerprint density at radius 1 is 0.463 bits per heavy atom. The summed E-state index contributed by atoms with van der Waals surface area (Å²) in [5, 5.41) is 5.73. The van der Waals surface area contributed by atoms with E-state index in [4.69, 9.17) is 36.0 Å². The van der Waals surface area contributed by atoms with Crippen LogP contribution in [0.3, 0.4) is 0 Å². The van der Waals surface area contributed by atoms with E-state index < -0.39 is 29.8 Å². The normalized spacial score (nSPS) is 12.4. The van der Waals surface area contributed by atoms with Gasteiger partial charge in [0, 0.05) is 116 Å². The van der Waals surface area contributed by atoms with E-state index in [2.05, 4.69) is 205 Å². The number of unbranched alkanes of at least 4 members (excludes halogenated alkanes) is 2. The molecular formula is C77H102N4O10S2Si2. The van der Waals surface area contributed by atoms with Gasteiger partial charge in [0.1, 0.15) is 13.2 Å². The number of alkyl carbamates (subject to hydrolysis) is 2. The van der Waals surface area contributed by atoms with E-state index in [-0.39, 0.29) is 18.6 Å². The molecule has 2 N–H and O–H groups in total. The summed E-state index contributed by atoms with van der Waals surface area (Å²) >= 11 is 3.39. The van der Waals surface area contributed by atoms with Gasteiger partial charge in [-0.05, 0) is 199 Å². The van der Waals surface area contributed by atoms with Gasteiger partial charge in [-0.15, -0.1) is 22.7 Å². The fourth-order valence-electron chi connectivity index (χ4n) is 12.0. The van der Waals surface area contributed by atoms with Gasteiger partial charge < -0.3 is 56.5 Å². The molecule has 0 saturated heterocycles. The Balaban J connectivity index is 0.916. The number of carbonyl (C=O) groups is 2. The average molecular weight is 1360 g/mol. The molecule has 510 valence electrons. The van der Waals surface area contributed by atoms with Gasteiger partial charge in [0.25, 0.3) is 0 Å². The summed E-state index contributed by atoms with van der Waals surface area (Å²) in [5.74, 6) is 14.2. The monoisotopic (exact) mass is 1360 g/mol. The van der Waals surface area contributed by atoms with E-state index >= 15 is 0 Å². The van der Waals surface area contributed by atoms with Crippen LogP contribution in [0.4, 0.5) is 21.0 Å². The van der Waals surface area contributed by atoms with Crippen LogP contribution in [0.25, 0.3) is 35.4 Å². The van der Waals surface area contributed by atoms with Crippen LogP contribution in [-0.4, -0.2) is 122 Å². The fourth-order valence-corrected chi connectivity index (χ4v) is 18.8. The third-order valence-electron chi connectivity index (χ3n) is 16.6. The molecule has 18 heteroatoms. The Morgan fingerprint density at radius 3 is 1.19 bits per heavy atom. The van der Waals surface area contributed by atoms with Crippen LogP contribution < -0.4 is 20.4 Å². The molecule has 4 aromatic carbocycles. The lowest BCUT2D eigenvalue weighted by molar-refractivity contribution is 0.0699. The summed E-state index contributed by atoms with van der Waals surface area (Å²) in [7, 11) is -5.50. The number of nitrogens with one attached hydrogen (secondary N) is 2. The van der Waals surface area contributed by atoms with E-state index in [1.165, 1.54) is 22.3 Å². The first-order chi connectivity index (χ1) is 46.3. The minimum absolute atomic E-state index is 0.113. The fraction of sp³-hybridized carbons (Fsp3) is 0.455. The standard InChI is InChI=1S/C77H102N4O10S2Si2/c1-11-21-49-77(50-22-12-2)73-59-63(31-41-69-45-43-67(92-69)39-29-61-25-35-65(36-26-61)80(13-3)53-55-84-75(82)78-51-23-57-94(86-15-5,87-16-6)88-17-7)33-47-71(73)72-48-34-64(60-74(72)77)32-42-70-46-44-68(93-70)40-30-62-27-37-66(38-28-62)81(14-4)54-56-85-76(83)79-52-24-58-95(89-18-8,90-19-9)91-20-10/h25-30,33-40,43-48,59-60H,11-24,49-58H2,1-10H3,(H,78,82)(H,79,83)/b39-29+,40-30+. The van der Waals surface area contributed by atoms with Crippen molar-refractivity contribution in [1.82, 2.24) is 10.6 Å². The van der Waals surface area contributed by atoms with Crippen molar-refractivity contribution in [3.63, 3.8) is 0 Å². The van der Waals surface area contributed by atoms with Crippen LogP contribution in [0.15, 0.2) is 109 Å². The lowest BCUT2D eigenvalue weighted by Crippen LogP contribution is -2.46. The molecule has 2 heterocycles. The van der Waals surface area contributed by atoms with Gasteiger partial charge in [-0.3, -0.25) is 0 Å². The van der Waals surface area contributed by atoms with Gasteiger partial charge in [-0.25, -0.2) is 9.59 Å². The molecule has 0 saturated carbocycles. The molecule has 2 aromatic heterocycles. The molecular weight excluding hydrogens is 1260 g/mol. The number of hydrogen-bond donors (Lipinski definition) is 2. The maximum absolute atomic E-state index is 12.5. The maximum Gasteiger partial charge on any atom is 0.500 e. The van der Waals surface area contributed by atoms with Gasteiger partial charge in [-0.2, -0.15) is 0 Å². The second-order valence-electron chi connectivity index (χ2n) is 23.0. The average Bonchev–Trinajstić information content (AvgIpc) is 1.57. The van der Waals surface area contributed by atoms with Crippen molar-refractivity contribution in [1.29, 1.82) is 0 Å². The van der Waals surface area contributed by atoms with E-state index in [0.717, 1.165) is 105 Å². The van der Waals surface area contributed by atoms with Crippen molar-refractivity contribution in [3.05, 3.63) is 162 Å². The number of anilines is 2. The predicted octanol–water partition coefficient (Wildman–Crippen LogP) is 17.6. The molecule has 0 unspecified atom stereocenters. The largest absolute Gasteiger partial charge is 0.500 e. The minimum Gasteiger partial charge on any atom is -0.448 e. The molecule has 7 rings (SSSR count). The number of hydrogen-bond acceptors (Lipinski definition) is 14. The number of nitrogens with zero attached hydrogens (tertiary/aromatic N) is 2. The van der Waals surface area contributed by atoms with Crippen molar-refractivity contribution < 1.29 is 45.6 Å². The first kappa shape index (κ1) is 75.6. The molecule has 0 aliphatic heterocycles. The number of carbonyl (C=O) groups excluding carboxylic acids is 2. The zero-order valence-electron chi connectivity index (χ0n) is 58.0. The maximum atomic E-state index is 12.5. The number of thiophene rings is 2. The second-order valence-corrected chi connectivity index (χ2v) is 30.7. The number of ether oxygens (including phenoxy) is 2. The Labute approximate surface area is 577 Å². The van der Waals surface area contributed by atoms with Gasteiger partial charge >= 0.3 is 29.8 Å². The molecule has 1 aliphatic rings. The highest BCUT2D eigenvalue weighted by molar-refractivity contribution is 7.13. The summed E-state index contributed by atoms with van der Waals surface area (Å²) < 4.78 is 46.7. The van der Waals surface area contributed by atoms with Crippen molar-refractivity contribution in [2.24, 2.45) is 0 Å². The molecule has 2 amide bonds. The summed E-state index contributed by atoms with van der Waals surface area (Å²) in [5.41, 5.74) is 11.7. The van der Waals surface area contributed by atoms with Crippen molar-refractivity contribution in [2.75, 3.05) is 102 Å². The van der Waals surface area contributed by atoms with Crippen LogP contribution in [-0.2, 0) is 41.4 Å². The first-order valence-electron chi connectivity index (χ1n) is 34.6. The van der Waals surface area contributed by atoms with Gasteiger partial charge in [0.2, 0.25) is 0 Å². The smallest absolute Gasteiger partial charge is 0.448 e. The van der Waals surface area contributed by atoms with Crippen LogP contribution >= 0.6 is 22.7 Å². The SMILES string of the molecule is CCCCC1(CCCC)c2cc(C#Cc3ccc(/C=C/c4ccc(N(CC)CCOC(=O)NCCC[Si](OCC)(OCC)OCC)cc4)s3)ccc2-c2ccc(C#Cc3ccc(/C=C/c4ccc(N(CC)CCOC(=O)NCCC[Si](OCC)(OCC)OCC)cc4)s3)cc21. The van der Waals surface area contributed by atoms with Gasteiger partial charge in [0.15, 0.2) is 0 Å². The van der Waals surface area contributed by atoms with Crippen LogP contribution in [0.5, 0.6) is 0 Å². The van der Waals surface area contributed by atoms with Crippen LogP contribution in [0.2, 0.25) is 12.1 Å². The number of benzene rings is 4. The highest BCUT2D eigenvalue weighted by atomic mass is 32.1. The predicted molar refractivity (Wildman–Crippen MR) is 398 cm³/mol. The summed E-state index contributed by atoms with van der Waals surface area (Å²) in [4.78, 5) is 33.8. The molecule has 0 atom stereocenters. The molecule has 1 aliphatic carbocycles. The third kappa shape index (κ3) is 22.6. The van der Waals surface area contributed by atoms with E-state index in [1.807, 2.05) is 41.5 Å². The zero-order chi connectivity index (χ0) is 67.7. The number of likely N-dealkylation sites (N-methyl/N-ethyl adjacent to an activating group) is 2. The highest BCUT2D eigenvalue weighted by Gasteiger charge is 2.43. The van der Waals surface area contributed by atoms with Gasteiger partial charge in [-0.1, -0.05) is 112 Å². The topological polar surface area (TPSA) is 139 Å². The molecule has 6 aromatic rings. The van der Waals surface area contributed by atoms with Crippen molar-refractivity contribution in [3.8, 4) is 34.8 Å². The number of amides is 2. The molecule has 0 fully saturated rings. The number of rotatable bonds is 40. The summed E-state index contributed by atoms with van der Waals surface area (Å²) in [6, 6.07) is 40.5. The summed E-state index contributed by atoms with van der Waals surface area (Å²) in [6.07, 6.45) is 15.8. The minimum atomic E-state index is -2.75. The van der Waals surface area contributed by atoms with E-state index in [9.17, 15) is 9.59 Å². The molecule has 95 heavy (non-hydrogen) atoms. The Kier molecular flexibility index (Phi) is 31.9. The van der Waals surface area contributed by atoms with Crippen molar-refractivity contribution >= 4 is 88.1 Å². The number of fused-ring (bicyclic) bond motifs is 3. The first-order valence-corrected chi connectivity index (χ1v) is 40.1. The lowest BCUT2D eigenvalue weighted by Gasteiger charge is -2.33. The molecule has 0 spiro atoms. The van der Waals surface area contributed by atoms with E-state index in [1.54, 1.807) is 22.7 Å². The quantitative estimate of drug-likeness (QED) is 0.0215. The van der Waals surface area contributed by atoms with E-state index in [0.29, 0.717) is 90.8 Å². The van der Waals surface area contributed by atoms with Crippen molar-refractivity contribution in [2.45, 2.75) is 138 Å². The van der Waals surface area contributed by atoms with Crippen LogP contribution in [0.1, 0.15) is 173 Å². The lowest BCUT2D eigenvalue weighted by atomic mass is 9.70. The Bertz CT molecular complexity index is 3250. The summed E-state index contributed by atoms with van der Waals surface area (Å²) in [6.45, 7) is 27.8. The molecule has 0 radical (unpaired) electrons. The zero-order valence-corrected chi connectivity index (χ0v) is 61.6. The Morgan fingerprint density at radius 2 is 0.842 bits per heavy atom. The molecule has 14 nitrogen and oxygen atoms in total. The highest BCUT2D eigenvalue weighted by Crippen LogP contribution is 2.54. The molecule has 0 bridgehead atoms. The Hall–Kier alpha value is -6.79. The van der Waals surface area contributed by atoms with Gasteiger partial charge in [0.05, 0.1) is 22.8 Å². The second kappa shape index (κ2) is 40.1. The third-order valence-corrected chi connectivity index (χ3v) is 24.8.